The number of fused-ring (bicyclic) bond motifs is 1. The lowest BCUT2D eigenvalue weighted by molar-refractivity contribution is -0.116. The molecule has 0 aliphatic carbocycles. The topological polar surface area (TPSA) is 94.7 Å². The molecule has 1 amide bonds. The van der Waals surface area contributed by atoms with Gasteiger partial charge in [0.15, 0.2) is 0 Å². The molecule has 0 aliphatic rings. The molecule has 0 saturated heterocycles. The van der Waals surface area contributed by atoms with E-state index in [1.807, 2.05) is 37.3 Å². The van der Waals surface area contributed by atoms with Crippen molar-refractivity contribution in [3.8, 4) is 16.1 Å². The summed E-state index contributed by atoms with van der Waals surface area (Å²) in [5.74, 6) is -0.391. The van der Waals surface area contributed by atoms with Crippen LogP contribution in [0.4, 0.5) is 5.69 Å². The lowest BCUT2D eigenvalue weighted by Gasteiger charge is -2.12. The Morgan fingerprint density at radius 1 is 1.15 bits per heavy atom. The average Bonchev–Trinajstić information content (AvgIpc) is 3.45. The Kier molecular flexibility index (Phi) is 5.49. The van der Waals surface area contributed by atoms with Crippen molar-refractivity contribution in [1.82, 2.24) is 24.3 Å². The molecule has 3 heterocycles. The first-order valence-corrected chi connectivity index (χ1v) is 11.2. The molecule has 0 aliphatic heterocycles. The monoisotopic (exact) mass is 476 g/mol. The zero-order valence-electron chi connectivity index (χ0n) is 17.4. The highest BCUT2D eigenvalue weighted by atomic mass is 35.5. The number of amides is 1. The number of anilines is 1. The molecule has 1 N–H and O–H groups in total. The lowest BCUT2D eigenvalue weighted by Crippen LogP contribution is -2.28. The normalized spacial score (nSPS) is 11.1. The smallest absolute Gasteiger partial charge is 0.262 e. The van der Waals surface area contributed by atoms with Crippen LogP contribution >= 0.6 is 22.9 Å². The van der Waals surface area contributed by atoms with E-state index < -0.39 is 5.91 Å². The average molecular weight is 477 g/mol. The Balaban J connectivity index is 1.45. The van der Waals surface area contributed by atoms with Gasteiger partial charge in [-0.25, -0.2) is 14.6 Å². The fourth-order valence-electron chi connectivity index (χ4n) is 3.62. The van der Waals surface area contributed by atoms with E-state index in [1.165, 1.54) is 39.6 Å². The van der Waals surface area contributed by atoms with E-state index >= 15 is 0 Å². The second kappa shape index (κ2) is 8.61. The van der Waals surface area contributed by atoms with Gasteiger partial charge in [-0.3, -0.25) is 14.2 Å². The summed E-state index contributed by atoms with van der Waals surface area (Å²) < 4.78 is 2.83. The highest BCUT2D eigenvalue weighted by Crippen LogP contribution is 2.35. The third kappa shape index (κ3) is 4.04. The summed E-state index contributed by atoms with van der Waals surface area (Å²) >= 11 is 7.59. The van der Waals surface area contributed by atoms with Crippen molar-refractivity contribution >= 4 is 44.7 Å². The summed E-state index contributed by atoms with van der Waals surface area (Å²) in [6.07, 6.45) is 4.32. The molecule has 10 heteroatoms. The van der Waals surface area contributed by atoms with E-state index in [9.17, 15) is 9.59 Å². The summed E-state index contributed by atoms with van der Waals surface area (Å²) in [6, 6.07) is 14.9. The number of rotatable bonds is 5. The van der Waals surface area contributed by atoms with Crippen molar-refractivity contribution in [2.45, 2.75) is 13.5 Å². The van der Waals surface area contributed by atoms with Crippen LogP contribution in [0.15, 0.2) is 72.3 Å². The zero-order chi connectivity index (χ0) is 22.9. The first-order chi connectivity index (χ1) is 16.0. The van der Waals surface area contributed by atoms with Crippen molar-refractivity contribution in [2.24, 2.45) is 0 Å². The second-order valence-corrected chi connectivity index (χ2v) is 8.77. The third-order valence-corrected chi connectivity index (χ3v) is 6.65. The van der Waals surface area contributed by atoms with Gasteiger partial charge in [-0.15, -0.1) is 11.3 Å². The first-order valence-electron chi connectivity index (χ1n) is 9.99. The summed E-state index contributed by atoms with van der Waals surface area (Å²) in [7, 11) is 0. The zero-order valence-corrected chi connectivity index (χ0v) is 19.0. The van der Waals surface area contributed by atoms with Gasteiger partial charge >= 0.3 is 0 Å². The van der Waals surface area contributed by atoms with Crippen LogP contribution in [-0.2, 0) is 11.3 Å². The Bertz CT molecular complexity index is 1530. The van der Waals surface area contributed by atoms with E-state index in [4.69, 9.17) is 11.6 Å². The van der Waals surface area contributed by atoms with E-state index in [1.54, 1.807) is 18.2 Å². The predicted molar refractivity (Wildman–Crippen MR) is 129 cm³/mol. The molecule has 5 rings (SSSR count). The van der Waals surface area contributed by atoms with E-state index in [2.05, 4.69) is 20.4 Å². The molecular formula is C23H17ClN6O2S. The summed E-state index contributed by atoms with van der Waals surface area (Å²) in [5, 5.41) is 7.90. The number of nitrogens with one attached hydrogen (secondary N) is 1. The standard InChI is InChI=1S/C23H17ClN6O2S/c1-14-20-22(33-21(14)15-5-3-2-4-6-15)26-13-29(23(20)32)10-19(31)28-17-9-16(24)7-8-18(17)30-12-25-11-27-30/h2-9,11-13H,10H2,1H3,(H,28,31). The summed E-state index contributed by atoms with van der Waals surface area (Å²) in [5.41, 5.74) is 2.69. The minimum Gasteiger partial charge on any atom is -0.323 e. The number of carbonyl (C=O) groups excluding carboxylic acids is 1. The Morgan fingerprint density at radius 2 is 1.97 bits per heavy atom. The molecule has 8 nitrogen and oxygen atoms in total. The van der Waals surface area contributed by atoms with Crippen LogP contribution in [0.25, 0.3) is 26.3 Å². The molecule has 0 fully saturated rings. The maximum absolute atomic E-state index is 13.2. The van der Waals surface area contributed by atoms with Crippen molar-refractivity contribution in [1.29, 1.82) is 0 Å². The molecule has 2 aromatic carbocycles. The van der Waals surface area contributed by atoms with Crippen LogP contribution in [0.2, 0.25) is 5.02 Å². The van der Waals surface area contributed by atoms with Crippen LogP contribution in [-0.4, -0.2) is 30.2 Å². The SMILES string of the molecule is Cc1c(-c2ccccc2)sc2ncn(CC(=O)Nc3cc(Cl)ccc3-n3cncn3)c(=O)c12. The summed E-state index contributed by atoms with van der Waals surface area (Å²) in [6.45, 7) is 1.71. The summed E-state index contributed by atoms with van der Waals surface area (Å²) in [4.78, 5) is 36.0. The molecule has 164 valence electrons. The van der Waals surface area contributed by atoms with Gasteiger partial charge < -0.3 is 5.32 Å². The Labute approximate surface area is 197 Å². The quantitative estimate of drug-likeness (QED) is 0.408. The van der Waals surface area contributed by atoms with Crippen molar-refractivity contribution in [2.75, 3.05) is 5.32 Å². The van der Waals surface area contributed by atoms with E-state index in [0.29, 0.717) is 26.6 Å². The molecular weight excluding hydrogens is 460 g/mol. The minimum atomic E-state index is -0.391. The molecule has 0 radical (unpaired) electrons. The number of aryl methyl sites for hydroxylation is 1. The van der Waals surface area contributed by atoms with E-state index in [-0.39, 0.29) is 12.1 Å². The number of benzene rings is 2. The second-order valence-electron chi connectivity index (χ2n) is 7.33. The van der Waals surface area contributed by atoms with Gasteiger partial charge in [0.05, 0.1) is 23.1 Å². The molecule has 33 heavy (non-hydrogen) atoms. The van der Waals surface area contributed by atoms with Crippen LogP contribution in [0.1, 0.15) is 5.56 Å². The molecule has 0 saturated carbocycles. The minimum absolute atomic E-state index is 0.193. The van der Waals surface area contributed by atoms with Crippen LogP contribution in [0, 0.1) is 6.92 Å². The van der Waals surface area contributed by atoms with Crippen LogP contribution in [0.5, 0.6) is 0 Å². The van der Waals surface area contributed by atoms with E-state index in [0.717, 1.165) is 16.0 Å². The first kappa shape index (κ1) is 21.0. The largest absolute Gasteiger partial charge is 0.323 e. The third-order valence-electron chi connectivity index (χ3n) is 5.17. The maximum atomic E-state index is 13.2. The highest BCUT2D eigenvalue weighted by molar-refractivity contribution is 7.22. The van der Waals surface area contributed by atoms with Gasteiger partial charge in [-0.05, 0) is 36.2 Å². The highest BCUT2D eigenvalue weighted by Gasteiger charge is 2.17. The van der Waals surface area contributed by atoms with Gasteiger partial charge in [-0.1, -0.05) is 41.9 Å². The van der Waals surface area contributed by atoms with Crippen LogP contribution < -0.4 is 10.9 Å². The van der Waals surface area contributed by atoms with Crippen molar-refractivity contribution < 1.29 is 4.79 Å². The Morgan fingerprint density at radius 3 is 2.73 bits per heavy atom. The number of halogens is 1. The number of thiophene rings is 1. The number of aromatic nitrogens is 5. The number of carbonyl (C=O) groups is 1. The van der Waals surface area contributed by atoms with Gasteiger partial charge in [0.1, 0.15) is 24.0 Å². The Hall–Kier alpha value is -3.82. The van der Waals surface area contributed by atoms with Gasteiger partial charge in [-0.2, -0.15) is 5.10 Å². The van der Waals surface area contributed by atoms with Crippen molar-refractivity contribution in [3.05, 3.63) is 88.5 Å². The maximum Gasteiger partial charge on any atom is 0.262 e. The molecule has 3 aromatic heterocycles. The van der Waals surface area contributed by atoms with Crippen molar-refractivity contribution in [3.63, 3.8) is 0 Å². The molecule has 0 atom stereocenters. The molecule has 0 bridgehead atoms. The number of hydrogen-bond acceptors (Lipinski definition) is 6. The number of hydrogen-bond donors (Lipinski definition) is 1. The van der Waals surface area contributed by atoms with Gasteiger partial charge in [0.25, 0.3) is 5.56 Å². The predicted octanol–water partition coefficient (Wildman–Crippen LogP) is 4.31. The lowest BCUT2D eigenvalue weighted by atomic mass is 10.1. The van der Waals surface area contributed by atoms with Crippen LogP contribution in [0.3, 0.4) is 0 Å². The fourth-order valence-corrected chi connectivity index (χ4v) is 4.94. The van der Waals surface area contributed by atoms with Gasteiger partial charge in [0, 0.05) is 9.90 Å². The fraction of sp³-hybridized carbons (Fsp3) is 0.0870. The molecule has 5 aromatic rings. The number of nitrogens with zero attached hydrogens (tertiary/aromatic N) is 5. The molecule has 0 spiro atoms. The molecule has 0 unspecified atom stereocenters. The van der Waals surface area contributed by atoms with Gasteiger partial charge in [0.2, 0.25) is 5.91 Å².